The van der Waals surface area contributed by atoms with Crippen LogP contribution >= 0.6 is 0 Å². The normalized spacial score (nSPS) is 18.2. The largest absolute Gasteiger partial charge is 0.292 e. The number of hydrogen-bond acceptors (Lipinski definition) is 2. The summed E-state index contributed by atoms with van der Waals surface area (Å²) in [7, 11) is 0. The van der Waals surface area contributed by atoms with Gasteiger partial charge in [-0.2, -0.15) is 0 Å². The van der Waals surface area contributed by atoms with Crippen LogP contribution in [0.1, 0.15) is 33.6 Å². The molecule has 0 aromatic heterocycles. The third-order valence-corrected chi connectivity index (χ3v) is 2.60. The molecular weight excluding hydrogens is 166 g/mol. The first-order valence-corrected chi connectivity index (χ1v) is 4.52. The Morgan fingerprint density at radius 3 is 2.54 bits per heavy atom. The summed E-state index contributed by atoms with van der Waals surface area (Å²) >= 11 is 0. The van der Waals surface area contributed by atoms with Crippen LogP contribution in [0, 0.1) is 5.41 Å². The van der Waals surface area contributed by atoms with Crippen LogP contribution in [0.25, 0.3) is 0 Å². The van der Waals surface area contributed by atoms with Gasteiger partial charge in [-0.05, 0) is 11.8 Å². The first kappa shape index (κ1) is 9.96. The summed E-state index contributed by atoms with van der Waals surface area (Å²) in [5, 5.41) is 2.32. The van der Waals surface area contributed by atoms with Crippen molar-refractivity contribution in [2.75, 3.05) is 0 Å². The zero-order valence-corrected chi connectivity index (χ0v) is 8.31. The number of hydrogen-bond donors (Lipinski definition) is 1. The SMILES string of the molecule is CCC(C)(C)C1=CCC(=O)NC1=O. The Labute approximate surface area is 78.2 Å². The molecule has 3 heteroatoms. The highest BCUT2D eigenvalue weighted by atomic mass is 16.2. The van der Waals surface area contributed by atoms with Gasteiger partial charge in [0.05, 0.1) is 0 Å². The molecule has 1 aliphatic heterocycles. The molecule has 0 saturated heterocycles. The van der Waals surface area contributed by atoms with E-state index in [0.717, 1.165) is 12.0 Å². The summed E-state index contributed by atoms with van der Waals surface area (Å²) < 4.78 is 0. The van der Waals surface area contributed by atoms with Crippen LogP contribution in [0.15, 0.2) is 11.6 Å². The van der Waals surface area contributed by atoms with Crippen LogP contribution in [0.4, 0.5) is 0 Å². The molecule has 0 bridgehead atoms. The number of carbonyl (C=O) groups excluding carboxylic acids is 2. The molecule has 0 atom stereocenters. The van der Waals surface area contributed by atoms with Crippen LogP contribution in [-0.2, 0) is 9.59 Å². The molecule has 0 aromatic carbocycles. The van der Waals surface area contributed by atoms with Crippen LogP contribution in [0.5, 0.6) is 0 Å². The second kappa shape index (κ2) is 3.32. The third kappa shape index (κ3) is 1.97. The van der Waals surface area contributed by atoms with E-state index in [9.17, 15) is 9.59 Å². The lowest BCUT2D eigenvalue weighted by Gasteiger charge is -2.27. The Balaban J connectivity index is 2.92. The van der Waals surface area contributed by atoms with Crippen molar-refractivity contribution in [3.63, 3.8) is 0 Å². The number of carbonyl (C=O) groups is 2. The number of imide groups is 1. The Kier molecular flexibility index (Phi) is 2.55. The molecule has 2 amide bonds. The van der Waals surface area contributed by atoms with Gasteiger partial charge in [0.2, 0.25) is 5.91 Å². The molecule has 1 aliphatic rings. The molecule has 1 heterocycles. The van der Waals surface area contributed by atoms with Crippen molar-refractivity contribution >= 4 is 11.8 Å². The molecule has 72 valence electrons. The molecule has 13 heavy (non-hydrogen) atoms. The van der Waals surface area contributed by atoms with E-state index in [1.165, 1.54) is 0 Å². The van der Waals surface area contributed by atoms with Crippen molar-refractivity contribution in [1.29, 1.82) is 0 Å². The van der Waals surface area contributed by atoms with Crippen molar-refractivity contribution in [3.8, 4) is 0 Å². The zero-order valence-electron chi connectivity index (χ0n) is 8.31. The van der Waals surface area contributed by atoms with Gasteiger partial charge in [0, 0.05) is 12.0 Å². The predicted octanol–water partition coefficient (Wildman–Crippen LogP) is 1.40. The summed E-state index contributed by atoms with van der Waals surface area (Å²) in [6, 6.07) is 0. The molecule has 0 spiro atoms. The van der Waals surface area contributed by atoms with E-state index in [1.807, 2.05) is 20.8 Å². The molecule has 0 saturated carbocycles. The van der Waals surface area contributed by atoms with Crippen molar-refractivity contribution < 1.29 is 9.59 Å². The second-order valence-electron chi connectivity index (χ2n) is 3.94. The fourth-order valence-electron chi connectivity index (χ4n) is 1.31. The Hall–Kier alpha value is -1.12. The fourth-order valence-corrected chi connectivity index (χ4v) is 1.31. The quantitative estimate of drug-likeness (QED) is 0.654. The molecule has 1 N–H and O–H groups in total. The molecular formula is C10H15NO2. The van der Waals surface area contributed by atoms with Gasteiger partial charge in [0.15, 0.2) is 0 Å². The lowest BCUT2D eigenvalue weighted by molar-refractivity contribution is -0.129. The average Bonchev–Trinajstić information content (AvgIpc) is 2.03. The molecule has 0 unspecified atom stereocenters. The fraction of sp³-hybridized carbons (Fsp3) is 0.600. The summed E-state index contributed by atoms with van der Waals surface area (Å²) in [6.45, 7) is 6.05. The maximum absolute atomic E-state index is 11.4. The van der Waals surface area contributed by atoms with E-state index in [4.69, 9.17) is 0 Å². The molecule has 0 aliphatic carbocycles. The minimum absolute atomic E-state index is 0.134. The molecule has 1 rings (SSSR count). The minimum Gasteiger partial charge on any atom is -0.292 e. The van der Waals surface area contributed by atoms with E-state index in [-0.39, 0.29) is 17.2 Å². The van der Waals surface area contributed by atoms with Crippen molar-refractivity contribution in [2.45, 2.75) is 33.6 Å². The van der Waals surface area contributed by atoms with E-state index in [1.54, 1.807) is 6.08 Å². The van der Waals surface area contributed by atoms with E-state index >= 15 is 0 Å². The Morgan fingerprint density at radius 2 is 2.08 bits per heavy atom. The maximum atomic E-state index is 11.4. The first-order chi connectivity index (χ1) is 5.97. The van der Waals surface area contributed by atoms with Crippen molar-refractivity contribution in [1.82, 2.24) is 5.32 Å². The summed E-state index contributed by atoms with van der Waals surface area (Å²) in [4.78, 5) is 22.3. The third-order valence-electron chi connectivity index (χ3n) is 2.60. The topological polar surface area (TPSA) is 46.2 Å². The van der Waals surface area contributed by atoms with Crippen LogP contribution in [0.2, 0.25) is 0 Å². The van der Waals surface area contributed by atoms with Gasteiger partial charge >= 0.3 is 0 Å². The first-order valence-electron chi connectivity index (χ1n) is 4.52. The minimum atomic E-state index is -0.233. The van der Waals surface area contributed by atoms with Crippen molar-refractivity contribution in [2.24, 2.45) is 5.41 Å². The highest BCUT2D eigenvalue weighted by Crippen LogP contribution is 2.31. The summed E-state index contributed by atoms with van der Waals surface area (Å²) in [6.07, 6.45) is 2.95. The van der Waals surface area contributed by atoms with Gasteiger partial charge in [-0.1, -0.05) is 26.8 Å². The van der Waals surface area contributed by atoms with E-state index in [2.05, 4.69) is 5.32 Å². The number of amides is 2. The van der Waals surface area contributed by atoms with Gasteiger partial charge < -0.3 is 0 Å². The van der Waals surface area contributed by atoms with Crippen LogP contribution in [-0.4, -0.2) is 11.8 Å². The number of nitrogens with one attached hydrogen (secondary N) is 1. The second-order valence-corrected chi connectivity index (χ2v) is 3.94. The maximum Gasteiger partial charge on any atom is 0.254 e. The highest BCUT2D eigenvalue weighted by Gasteiger charge is 2.30. The number of rotatable bonds is 2. The zero-order chi connectivity index (χ0) is 10.1. The van der Waals surface area contributed by atoms with Crippen molar-refractivity contribution in [3.05, 3.63) is 11.6 Å². The average molecular weight is 181 g/mol. The highest BCUT2D eigenvalue weighted by molar-refractivity contribution is 6.08. The van der Waals surface area contributed by atoms with Gasteiger partial charge in [0.1, 0.15) is 0 Å². The van der Waals surface area contributed by atoms with Gasteiger partial charge in [-0.25, -0.2) is 0 Å². The summed E-state index contributed by atoms with van der Waals surface area (Å²) in [5.74, 6) is -0.441. The smallest absolute Gasteiger partial charge is 0.254 e. The molecule has 0 radical (unpaired) electrons. The van der Waals surface area contributed by atoms with Crippen LogP contribution < -0.4 is 5.32 Å². The monoisotopic (exact) mass is 181 g/mol. The molecule has 3 nitrogen and oxygen atoms in total. The standard InChI is InChI=1S/C10H15NO2/c1-4-10(2,3)7-5-6-8(12)11-9(7)13/h5H,4,6H2,1-3H3,(H,11,12,13). The van der Waals surface area contributed by atoms with Crippen LogP contribution in [0.3, 0.4) is 0 Å². The Morgan fingerprint density at radius 1 is 1.46 bits per heavy atom. The Bertz CT molecular complexity index is 277. The lowest BCUT2D eigenvalue weighted by atomic mass is 9.80. The van der Waals surface area contributed by atoms with Gasteiger partial charge in [-0.3, -0.25) is 14.9 Å². The summed E-state index contributed by atoms with van der Waals surface area (Å²) in [5.41, 5.74) is 0.597. The van der Waals surface area contributed by atoms with E-state index in [0.29, 0.717) is 6.42 Å². The van der Waals surface area contributed by atoms with Gasteiger partial charge in [-0.15, -0.1) is 0 Å². The molecule has 0 aromatic rings. The molecule has 0 fully saturated rings. The predicted molar refractivity (Wildman–Crippen MR) is 49.9 cm³/mol. The van der Waals surface area contributed by atoms with Gasteiger partial charge in [0.25, 0.3) is 5.91 Å². The lowest BCUT2D eigenvalue weighted by Crippen LogP contribution is -2.39. The van der Waals surface area contributed by atoms with E-state index < -0.39 is 0 Å².